The molecule has 1 heterocycles. The Kier molecular flexibility index (Phi) is 8.76. The van der Waals surface area contributed by atoms with Crippen LogP contribution >= 0.6 is 11.3 Å². The van der Waals surface area contributed by atoms with Crippen LogP contribution in [-0.2, 0) is 26.0 Å². The van der Waals surface area contributed by atoms with Crippen LogP contribution in [0, 0.1) is 0 Å². The Balaban J connectivity index is 1.72. The number of hydrogen-bond acceptors (Lipinski definition) is 7. The number of carboxylic acids is 1. The van der Waals surface area contributed by atoms with Gasteiger partial charge < -0.3 is 19.3 Å². The van der Waals surface area contributed by atoms with Crippen molar-refractivity contribution in [3.05, 3.63) is 54.1 Å². The van der Waals surface area contributed by atoms with Gasteiger partial charge in [0.25, 0.3) is 10.0 Å². The van der Waals surface area contributed by atoms with E-state index in [0.29, 0.717) is 22.1 Å². The van der Waals surface area contributed by atoms with Crippen molar-refractivity contribution in [3.8, 4) is 11.5 Å². The summed E-state index contributed by atoms with van der Waals surface area (Å²) in [6, 6.07) is 14.3. The Bertz CT molecular complexity index is 1250. The van der Waals surface area contributed by atoms with Crippen molar-refractivity contribution < 1.29 is 32.5 Å². The van der Waals surface area contributed by atoms with E-state index in [-0.39, 0.29) is 26.3 Å². The first-order valence-corrected chi connectivity index (χ1v) is 13.5. The third-order valence-corrected chi connectivity index (χ3v) is 9.10. The molecule has 0 aliphatic heterocycles. The molecule has 0 saturated heterocycles. The van der Waals surface area contributed by atoms with Crippen molar-refractivity contribution in [2.24, 2.45) is 0 Å². The van der Waals surface area contributed by atoms with Crippen LogP contribution in [-0.4, -0.2) is 62.8 Å². The topological polar surface area (TPSA) is 102 Å². The summed E-state index contributed by atoms with van der Waals surface area (Å²) in [5.74, 6) is -0.156. The molecule has 10 heteroatoms. The molecule has 0 spiro atoms. The highest BCUT2D eigenvalue weighted by Crippen LogP contribution is 2.36. The fraction of sp³-hybridized carbons (Fsp3) is 0.400. The molecular weight excluding hydrogens is 490 g/mol. The van der Waals surface area contributed by atoms with E-state index in [0.717, 1.165) is 15.6 Å². The molecule has 8 nitrogen and oxygen atoms in total. The maximum atomic E-state index is 13.6. The third-order valence-electron chi connectivity index (χ3n) is 5.46. The number of sulfonamides is 1. The number of rotatable bonds is 13. The number of aryl methyl sites for hydroxylation is 1. The fourth-order valence-electron chi connectivity index (χ4n) is 3.49. The van der Waals surface area contributed by atoms with Gasteiger partial charge in [0.2, 0.25) is 0 Å². The summed E-state index contributed by atoms with van der Waals surface area (Å²) in [5.41, 5.74) is -0.531. The number of hydrogen-bond donors (Lipinski definition) is 1. The largest absolute Gasteiger partial charge is 0.492 e. The summed E-state index contributed by atoms with van der Waals surface area (Å²) in [6.45, 7) is 5.64. The molecule has 0 atom stereocenters. The zero-order valence-corrected chi connectivity index (χ0v) is 21.9. The lowest BCUT2D eigenvalue weighted by Crippen LogP contribution is -2.37. The molecule has 190 valence electrons. The Hall–Kier alpha value is -2.66. The number of thiophene rings is 1. The molecule has 0 unspecified atom stereocenters. The summed E-state index contributed by atoms with van der Waals surface area (Å²) in [4.78, 5) is 11.2. The lowest BCUT2D eigenvalue weighted by atomic mass is 10.1. The molecule has 0 aliphatic rings. The van der Waals surface area contributed by atoms with Gasteiger partial charge in [0.05, 0.1) is 6.61 Å². The summed E-state index contributed by atoms with van der Waals surface area (Å²) < 4.78 is 46.4. The van der Waals surface area contributed by atoms with E-state index in [9.17, 15) is 18.3 Å². The minimum atomic E-state index is -3.75. The van der Waals surface area contributed by atoms with Gasteiger partial charge in [-0.3, -0.25) is 0 Å². The van der Waals surface area contributed by atoms with Gasteiger partial charge in [0.15, 0.2) is 5.60 Å². The molecular formula is C25H31NO7S2. The number of aliphatic carboxylic acids is 1. The molecule has 0 bridgehead atoms. The lowest BCUT2D eigenvalue weighted by Gasteiger charge is -2.22. The highest BCUT2D eigenvalue weighted by molar-refractivity contribution is 7.91. The molecule has 1 N–H and O–H groups in total. The van der Waals surface area contributed by atoms with Crippen LogP contribution in [0.15, 0.2) is 52.7 Å². The lowest BCUT2D eigenvalue weighted by molar-refractivity contribution is -0.152. The first-order chi connectivity index (χ1) is 16.6. The van der Waals surface area contributed by atoms with Gasteiger partial charge in [0.1, 0.15) is 22.3 Å². The minimum absolute atomic E-state index is 0.135. The second kappa shape index (κ2) is 11.4. The number of carbonyl (C=O) groups is 1. The van der Waals surface area contributed by atoms with Crippen molar-refractivity contribution in [1.82, 2.24) is 4.31 Å². The van der Waals surface area contributed by atoms with E-state index in [1.807, 2.05) is 31.2 Å². The van der Waals surface area contributed by atoms with Crippen LogP contribution in [0.5, 0.6) is 11.5 Å². The van der Waals surface area contributed by atoms with Crippen LogP contribution in [0.1, 0.15) is 26.3 Å². The van der Waals surface area contributed by atoms with Gasteiger partial charge in [-0.2, -0.15) is 4.31 Å². The number of fused-ring (bicyclic) bond motifs is 1. The van der Waals surface area contributed by atoms with E-state index >= 15 is 0 Å². The average molecular weight is 522 g/mol. The molecule has 3 rings (SSSR count). The maximum absolute atomic E-state index is 13.6. The minimum Gasteiger partial charge on any atom is -0.492 e. The molecule has 1 aromatic heterocycles. The smallest absolute Gasteiger partial charge is 0.347 e. The first kappa shape index (κ1) is 26.9. The van der Waals surface area contributed by atoms with Gasteiger partial charge in [-0.05, 0) is 61.5 Å². The molecule has 35 heavy (non-hydrogen) atoms. The van der Waals surface area contributed by atoms with E-state index in [1.165, 1.54) is 36.6 Å². The van der Waals surface area contributed by atoms with Crippen LogP contribution in [0.3, 0.4) is 0 Å². The highest BCUT2D eigenvalue weighted by Gasteiger charge is 2.30. The van der Waals surface area contributed by atoms with E-state index < -0.39 is 21.6 Å². The zero-order chi connectivity index (χ0) is 25.6. The van der Waals surface area contributed by atoms with Crippen molar-refractivity contribution >= 4 is 37.4 Å². The van der Waals surface area contributed by atoms with Crippen molar-refractivity contribution in [2.75, 3.05) is 33.4 Å². The normalized spacial score (nSPS) is 12.3. The summed E-state index contributed by atoms with van der Waals surface area (Å²) in [7, 11) is -2.22. The molecule has 0 saturated carbocycles. The SMILES string of the molecule is CCc1c(S(=O)(=O)N(CCOC)CCOc2ccc(OC(C)(C)C(=O)O)cc2)sc2ccccc12. The predicted molar refractivity (Wildman–Crippen MR) is 136 cm³/mol. The summed E-state index contributed by atoms with van der Waals surface area (Å²) in [5, 5.41) is 10.2. The summed E-state index contributed by atoms with van der Waals surface area (Å²) >= 11 is 1.29. The Labute approximate surface area is 210 Å². The number of benzene rings is 2. The number of methoxy groups -OCH3 is 1. The molecule has 3 aromatic rings. The van der Waals surface area contributed by atoms with Crippen molar-refractivity contribution in [2.45, 2.75) is 37.0 Å². The fourth-order valence-corrected chi connectivity index (χ4v) is 6.95. The molecule has 0 aliphatic carbocycles. The van der Waals surface area contributed by atoms with Crippen LogP contribution in [0.2, 0.25) is 0 Å². The van der Waals surface area contributed by atoms with Crippen LogP contribution in [0.4, 0.5) is 0 Å². The average Bonchev–Trinajstić information content (AvgIpc) is 3.21. The monoisotopic (exact) mass is 521 g/mol. The van der Waals surface area contributed by atoms with Crippen molar-refractivity contribution in [3.63, 3.8) is 0 Å². The predicted octanol–water partition coefficient (Wildman–Crippen LogP) is 4.42. The number of nitrogens with zero attached hydrogens (tertiary/aromatic N) is 1. The van der Waals surface area contributed by atoms with E-state index in [1.54, 1.807) is 24.3 Å². The second-order valence-corrected chi connectivity index (χ2v) is 11.5. The van der Waals surface area contributed by atoms with Crippen LogP contribution < -0.4 is 9.47 Å². The molecule has 0 amide bonds. The quantitative estimate of drug-likeness (QED) is 0.355. The van der Waals surface area contributed by atoms with E-state index in [4.69, 9.17) is 14.2 Å². The molecule has 0 fully saturated rings. The van der Waals surface area contributed by atoms with Gasteiger partial charge in [0, 0.05) is 24.9 Å². The van der Waals surface area contributed by atoms with Gasteiger partial charge in [-0.25, -0.2) is 13.2 Å². The third kappa shape index (κ3) is 6.32. The van der Waals surface area contributed by atoms with E-state index in [2.05, 4.69) is 0 Å². The Morgan fingerprint density at radius 3 is 2.29 bits per heavy atom. The first-order valence-electron chi connectivity index (χ1n) is 11.2. The zero-order valence-electron chi connectivity index (χ0n) is 20.3. The number of carboxylic acid groups (broad SMARTS) is 1. The summed E-state index contributed by atoms with van der Waals surface area (Å²) in [6.07, 6.45) is 0.611. The Morgan fingerprint density at radius 2 is 1.66 bits per heavy atom. The number of ether oxygens (including phenoxy) is 3. The second-order valence-electron chi connectivity index (χ2n) is 8.35. The van der Waals surface area contributed by atoms with Gasteiger partial charge in [-0.1, -0.05) is 25.1 Å². The van der Waals surface area contributed by atoms with Crippen molar-refractivity contribution in [1.29, 1.82) is 0 Å². The Morgan fingerprint density at radius 1 is 1.03 bits per heavy atom. The van der Waals surface area contributed by atoms with Gasteiger partial charge >= 0.3 is 5.97 Å². The standard InChI is InChI=1S/C25H31NO7S2/c1-5-20-21-8-6-7-9-22(21)34-23(20)35(29,30)26(14-16-31-4)15-17-32-18-10-12-19(13-11-18)33-25(2,3)24(27)28/h6-13H,5,14-17H2,1-4H3,(H,27,28). The van der Waals surface area contributed by atoms with Crippen LogP contribution in [0.25, 0.3) is 10.1 Å². The molecule has 0 radical (unpaired) electrons. The molecule has 2 aromatic carbocycles. The highest BCUT2D eigenvalue weighted by atomic mass is 32.2. The van der Waals surface area contributed by atoms with Gasteiger partial charge in [-0.15, -0.1) is 11.3 Å². The maximum Gasteiger partial charge on any atom is 0.347 e.